The molecule has 3 nitrogen and oxygen atoms in total. The van der Waals surface area contributed by atoms with Gasteiger partial charge >= 0.3 is 5.97 Å². The Morgan fingerprint density at radius 1 is 1.09 bits per heavy atom. The number of rotatable bonds is 5. The summed E-state index contributed by atoms with van der Waals surface area (Å²) < 4.78 is 5.63. The van der Waals surface area contributed by atoms with Gasteiger partial charge in [-0.05, 0) is 41.5 Å². The average molecular weight is 358 g/mol. The lowest BCUT2D eigenvalue weighted by molar-refractivity contribution is -0.131. The van der Waals surface area contributed by atoms with E-state index in [9.17, 15) is 4.79 Å². The van der Waals surface area contributed by atoms with Gasteiger partial charge in [0.15, 0.2) is 5.75 Å². The molecule has 6 heteroatoms. The summed E-state index contributed by atoms with van der Waals surface area (Å²) in [6.07, 6.45) is 2.42. The Labute approximate surface area is 142 Å². The van der Waals surface area contributed by atoms with Gasteiger partial charge in [0, 0.05) is 11.1 Å². The molecule has 0 radical (unpaired) electrons. The molecule has 1 N–H and O–H groups in total. The van der Waals surface area contributed by atoms with E-state index in [0.717, 1.165) is 11.6 Å². The highest BCUT2D eigenvalue weighted by molar-refractivity contribution is 6.37. The van der Waals surface area contributed by atoms with Crippen molar-refractivity contribution in [2.24, 2.45) is 0 Å². The van der Waals surface area contributed by atoms with Crippen LogP contribution in [0.25, 0.3) is 6.08 Å². The number of carboxylic acids is 1. The average Bonchev–Trinajstić information content (AvgIpc) is 2.46. The lowest BCUT2D eigenvalue weighted by Crippen LogP contribution is -1.97. The van der Waals surface area contributed by atoms with Crippen LogP contribution in [0.15, 0.2) is 42.5 Å². The zero-order valence-electron chi connectivity index (χ0n) is 11.2. The van der Waals surface area contributed by atoms with Crippen LogP contribution in [0.5, 0.6) is 5.75 Å². The highest BCUT2D eigenvalue weighted by atomic mass is 35.5. The molecule has 0 aliphatic carbocycles. The number of aliphatic carboxylic acids is 1. The van der Waals surface area contributed by atoms with Crippen LogP contribution >= 0.6 is 34.8 Å². The number of halogens is 3. The molecule has 0 atom stereocenters. The summed E-state index contributed by atoms with van der Waals surface area (Å²) in [4.78, 5) is 10.5. The highest BCUT2D eigenvalue weighted by Gasteiger charge is 2.09. The van der Waals surface area contributed by atoms with Crippen molar-refractivity contribution in [3.63, 3.8) is 0 Å². The van der Waals surface area contributed by atoms with Crippen molar-refractivity contribution in [1.82, 2.24) is 0 Å². The predicted molar refractivity (Wildman–Crippen MR) is 88.9 cm³/mol. The monoisotopic (exact) mass is 356 g/mol. The number of hydrogen-bond acceptors (Lipinski definition) is 2. The van der Waals surface area contributed by atoms with Crippen molar-refractivity contribution >= 4 is 46.8 Å². The van der Waals surface area contributed by atoms with Crippen LogP contribution in [0.1, 0.15) is 11.1 Å². The molecule has 2 aromatic rings. The van der Waals surface area contributed by atoms with Gasteiger partial charge in [-0.3, -0.25) is 0 Å². The van der Waals surface area contributed by atoms with Gasteiger partial charge in [-0.2, -0.15) is 0 Å². The number of benzene rings is 2. The fourth-order valence-corrected chi connectivity index (χ4v) is 2.46. The minimum absolute atomic E-state index is 0.293. The fourth-order valence-electron chi connectivity index (χ4n) is 1.72. The van der Waals surface area contributed by atoms with Gasteiger partial charge in [0.2, 0.25) is 0 Å². The van der Waals surface area contributed by atoms with Crippen molar-refractivity contribution in [3.05, 3.63) is 68.7 Å². The Kier molecular flexibility index (Phi) is 5.72. The normalized spacial score (nSPS) is 10.9. The number of carbonyl (C=O) groups is 1. The van der Waals surface area contributed by atoms with Crippen LogP contribution in [0.4, 0.5) is 0 Å². The van der Waals surface area contributed by atoms with Crippen LogP contribution in [-0.2, 0) is 11.4 Å². The Bertz CT molecular complexity index is 686. The Hall–Kier alpha value is -1.68. The second-order valence-electron chi connectivity index (χ2n) is 4.40. The molecule has 0 spiro atoms. The van der Waals surface area contributed by atoms with E-state index in [1.807, 2.05) is 12.1 Å². The lowest BCUT2D eigenvalue weighted by Gasteiger charge is -2.11. The predicted octanol–water partition coefficient (Wildman–Crippen LogP) is 5.32. The third-order valence-electron chi connectivity index (χ3n) is 2.74. The molecule has 2 aromatic carbocycles. The number of ether oxygens (including phenoxy) is 1. The highest BCUT2D eigenvalue weighted by Crippen LogP contribution is 2.35. The van der Waals surface area contributed by atoms with Crippen molar-refractivity contribution in [3.8, 4) is 5.75 Å². The fraction of sp³-hybridized carbons (Fsp3) is 0.0625. The minimum Gasteiger partial charge on any atom is -0.486 e. The Morgan fingerprint density at radius 2 is 1.68 bits per heavy atom. The molecule has 0 aliphatic heterocycles. The van der Waals surface area contributed by atoms with E-state index in [1.54, 1.807) is 24.3 Å². The summed E-state index contributed by atoms with van der Waals surface area (Å²) in [5.74, 6) is -0.693. The van der Waals surface area contributed by atoms with E-state index in [4.69, 9.17) is 44.6 Å². The summed E-state index contributed by atoms with van der Waals surface area (Å²) in [6, 6.07) is 10.4. The van der Waals surface area contributed by atoms with Crippen LogP contribution in [0, 0.1) is 0 Å². The number of hydrogen-bond donors (Lipinski definition) is 1. The molecule has 0 saturated carbocycles. The third kappa shape index (κ3) is 4.67. The van der Waals surface area contributed by atoms with E-state index in [2.05, 4.69) is 0 Å². The standard InChI is InChI=1S/C16H11Cl3O3/c17-12-4-1-10(2-5-12)9-22-16-13(18)7-11(8-14(16)19)3-6-15(20)21/h1-8H,9H2,(H,20,21)/b6-3+. The molecule has 22 heavy (non-hydrogen) atoms. The molecule has 0 aromatic heterocycles. The number of carboxylic acid groups (broad SMARTS) is 1. The summed E-state index contributed by atoms with van der Waals surface area (Å²) in [5, 5.41) is 9.88. The van der Waals surface area contributed by atoms with Gasteiger partial charge in [0.05, 0.1) is 10.0 Å². The van der Waals surface area contributed by atoms with Gasteiger partial charge in [-0.15, -0.1) is 0 Å². The van der Waals surface area contributed by atoms with Crippen LogP contribution < -0.4 is 4.74 Å². The Balaban J connectivity index is 2.14. The summed E-state index contributed by atoms with van der Waals surface area (Å²) >= 11 is 18.1. The quantitative estimate of drug-likeness (QED) is 0.736. The van der Waals surface area contributed by atoms with Crippen molar-refractivity contribution in [1.29, 1.82) is 0 Å². The molecular weight excluding hydrogens is 347 g/mol. The van der Waals surface area contributed by atoms with Crippen LogP contribution in [0.3, 0.4) is 0 Å². The van der Waals surface area contributed by atoms with Crippen LogP contribution in [-0.4, -0.2) is 11.1 Å². The first-order chi connectivity index (χ1) is 10.5. The second-order valence-corrected chi connectivity index (χ2v) is 5.65. The maximum atomic E-state index is 10.5. The van der Waals surface area contributed by atoms with E-state index in [-0.39, 0.29) is 0 Å². The molecule has 0 heterocycles. The minimum atomic E-state index is -1.05. The molecule has 0 aliphatic rings. The first-order valence-corrected chi connectivity index (χ1v) is 7.36. The smallest absolute Gasteiger partial charge is 0.328 e. The van der Waals surface area contributed by atoms with Gasteiger partial charge in [-0.25, -0.2) is 4.79 Å². The van der Waals surface area contributed by atoms with Crippen molar-refractivity contribution < 1.29 is 14.6 Å². The van der Waals surface area contributed by atoms with Gasteiger partial charge in [0.25, 0.3) is 0 Å². The first-order valence-electron chi connectivity index (χ1n) is 6.23. The van der Waals surface area contributed by atoms with Crippen molar-refractivity contribution in [2.45, 2.75) is 6.61 Å². The maximum absolute atomic E-state index is 10.5. The molecule has 0 fully saturated rings. The molecular formula is C16H11Cl3O3. The van der Waals surface area contributed by atoms with Crippen LogP contribution in [0.2, 0.25) is 15.1 Å². The molecule has 0 saturated heterocycles. The van der Waals surface area contributed by atoms with E-state index >= 15 is 0 Å². The van der Waals surface area contributed by atoms with E-state index in [0.29, 0.717) is 33.0 Å². The SMILES string of the molecule is O=C(O)/C=C/c1cc(Cl)c(OCc2ccc(Cl)cc2)c(Cl)c1. The Morgan fingerprint density at radius 3 is 2.23 bits per heavy atom. The van der Waals surface area contributed by atoms with E-state index < -0.39 is 5.97 Å². The van der Waals surface area contributed by atoms with Gasteiger partial charge in [0.1, 0.15) is 6.61 Å². The molecule has 0 amide bonds. The molecule has 0 bridgehead atoms. The van der Waals surface area contributed by atoms with Gasteiger partial charge in [-0.1, -0.05) is 46.9 Å². The maximum Gasteiger partial charge on any atom is 0.328 e. The van der Waals surface area contributed by atoms with E-state index in [1.165, 1.54) is 6.08 Å². The summed E-state index contributed by atoms with van der Waals surface area (Å²) in [6.45, 7) is 0.293. The largest absolute Gasteiger partial charge is 0.486 e. The second kappa shape index (κ2) is 7.54. The first kappa shape index (κ1) is 16.7. The molecule has 114 valence electrons. The molecule has 0 unspecified atom stereocenters. The summed E-state index contributed by atoms with van der Waals surface area (Å²) in [5.41, 5.74) is 1.50. The molecule has 2 rings (SSSR count). The third-order valence-corrected chi connectivity index (χ3v) is 3.55. The topological polar surface area (TPSA) is 46.5 Å². The van der Waals surface area contributed by atoms with Crippen molar-refractivity contribution in [2.75, 3.05) is 0 Å². The lowest BCUT2D eigenvalue weighted by atomic mass is 10.2. The zero-order valence-corrected chi connectivity index (χ0v) is 13.5. The summed E-state index contributed by atoms with van der Waals surface area (Å²) in [7, 11) is 0. The van der Waals surface area contributed by atoms with Gasteiger partial charge < -0.3 is 9.84 Å². The zero-order chi connectivity index (χ0) is 16.1.